The fraction of sp³-hybridized carbons (Fsp3) is 0.500. The van der Waals surface area contributed by atoms with Crippen LogP contribution in [-0.4, -0.2) is 74.2 Å². The van der Waals surface area contributed by atoms with Crippen LogP contribution in [0.3, 0.4) is 0 Å². The maximum absolute atomic E-state index is 11.8. The predicted octanol–water partition coefficient (Wildman–Crippen LogP) is -7.68. The van der Waals surface area contributed by atoms with E-state index in [4.69, 9.17) is 19.4 Å². The van der Waals surface area contributed by atoms with Gasteiger partial charge >= 0.3 is 82.6 Å². The van der Waals surface area contributed by atoms with Crippen LogP contribution in [0.2, 0.25) is 0 Å². The summed E-state index contributed by atoms with van der Waals surface area (Å²) in [6, 6.07) is 0. The van der Waals surface area contributed by atoms with Gasteiger partial charge in [-0.15, -0.1) is 0 Å². The maximum atomic E-state index is 11.8. The number of phosphoric ester groups is 1. The van der Waals surface area contributed by atoms with Crippen LogP contribution in [0.1, 0.15) is 9.08 Å². The summed E-state index contributed by atoms with van der Waals surface area (Å²) in [5, 5.41) is 20.3. The van der Waals surface area contributed by atoms with Crippen molar-refractivity contribution in [1.82, 2.24) is 19.5 Å². The van der Waals surface area contributed by atoms with Gasteiger partial charge in [0.1, 0.15) is 18.3 Å². The van der Waals surface area contributed by atoms with Crippen LogP contribution in [0.5, 0.6) is 0 Å². The Bertz CT molecular complexity index is 1180. The van der Waals surface area contributed by atoms with Crippen LogP contribution in [0.4, 0.5) is 0 Å². The second-order valence-electron chi connectivity index (χ2n) is 5.99. The molecule has 33 heavy (non-hydrogen) atoms. The van der Waals surface area contributed by atoms with Crippen molar-refractivity contribution >= 4 is 34.6 Å². The number of hydrogen-bond donors (Lipinski definition) is 7. The zero-order chi connectivity index (χ0) is 23.2. The van der Waals surface area contributed by atoms with Crippen LogP contribution in [0.15, 0.2) is 17.4 Å². The number of nitrogens with zero attached hydrogens (tertiary/aromatic N) is 3. The van der Waals surface area contributed by atoms with Crippen molar-refractivity contribution in [3.63, 3.8) is 0 Å². The minimum Gasteiger partial charge on any atom is -1.00 e. The number of phosphoric acid groups is 3. The van der Waals surface area contributed by atoms with Crippen LogP contribution in [0.25, 0.3) is 11.2 Å². The van der Waals surface area contributed by atoms with E-state index < -0.39 is 60.2 Å². The monoisotopic (exact) mass is 556 g/mol. The average Bonchev–Trinajstić information content (AvgIpc) is 3.13. The molecule has 0 saturated carbocycles. The van der Waals surface area contributed by atoms with Crippen LogP contribution >= 0.6 is 23.5 Å². The molecule has 0 aromatic carbocycles. The quantitative estimate of drug-likeness (QED) is 0.117. The predicted molar refractivity (Wildman–Crippen MR) is 96.1 cm³/mol. The molecule has 2 unspecified atom stereocenters. The second-order valence-corrected chi connectivity index (χ2v) is 10.4. The van der Waals surface area contributed by atoms with Crippen molar-refractivity contribution in [3.8, 4) is 0 Å². The number of hydrogen-bond acceptors (Lipinski definition) is 12. The molecule has 2 aromatic rings. The van der Waals surface area contributed by atoms with Crippen molar-refractivity contribution in [2.45, 2.75) is 24.5 Å². The van der Waals surface area contributed by atoms with Gasteiger partial charge in [-0.1, -0.05) is 0 Å². The Morgan fingerprint density at radius 1 is 1.06 bits per heavy atom. The van der Waals surface area contributed by atoms with Gasteiger partial charge < -0.3 is 42.4 Å². The first kappa shape index (κ1) is 31.7. The normalized spacial score (nSPS) is 26.7. The van der Waals surface area contributed by atoms with Crippen molar-refractivity contribution in [2.24, 2.45) is 0 Å². The van der Waals surface area contributed by atoms with Gasteiger partial charge in [0.2, 0.25) is 0 Å². The molecular formula is C10H17N4Na2O14P3. The smallest absolute Gasteiger partial charge is 1.00 e. The Kier molecular flexibility index (Phi) is 11.3. The number of aromatic amines is 1. The van der Waals surface area contributed by atoms with E-state index in [-0.39, 0.29) is 73.1 Å². The Hall–Kier alpha value is 0.640. The number of nitrogens with one attached hydrogen (secondary N) is 1. The number of imidazole rings is 1. The third-order valence-electron chi connectivity index (χ3n) is 3.79. The van der Waals surface area contributed by atoms with Crippen LogP contribution in [-0.2, 0) is 31.6 Å². The molecule has 0 spiro atoms. The Balaban J connectivity index is 0. The molecule has 1 fully saturated rings. The number of aliphatic hydroxyl groups is 2. The molecule has 0 radical (unpaired) electrons. The number of fused-ring (bicyclic) bond motifs is 1. The maximum Gasteiger partial charge on any atom is 1.00 e. The Labute approximate surface area is 230 Å². The summed E-state index contributed by atoms with van der Waals surface area (Å²) in [6.45, 7) is -0.987. The molecule has 1 aliphatic heterocycles. The van der Waals surface area contributed by atoms with E-state index in [2.05, 4.69) is 28.1 Å². The molecule has 1 aliphatic rings. The molecule has 1 saturated heterocycles. The van der Waals surface area contributed by atoms with Crippen molar-refractivity contribution < 1.29 is 123 Å². The van der Waals surface area contributed by atoms with E-state index in [0.717, 1.165) is 17.2 Å². The number of aliphatic hydroxyl groups excluding tert-OH is 2. The average molecular weight is 556 g/mol. The first-order valence-corrected chi connectivity index (χ1v) is 12.4. The van der Waals surface area contributed by atoms with E-state index in [1.54, 1.807) is 0 Å². The van der Waals surface area contributed by atoms with E-state index in [1.807, 2.05) is 0 Å². The number of aromatic nitrogens is 4. The molecule has 0 bridgehead atoms. The summed E-state index contributed by atoms with van der Waals surface area (Å²) in [7, 11) is -16.7. The van der Waals surface area contributed by atoms with Crippen molar-refractivity contribution in [3.05, 3.63) is 23.0 Å². The van der Waals surface area contributed by atoms with E-state index in [9.17, 15) is 33.6 Å². The third kappa shape index (κ3) is 8.06. The zero-order valence-electron chi connectivity index (χ0n) is 18.8. The molecule has 3 rings (SSSR count). The molecule has 18 nitrogen and oxygen atoms in total. The molecule has 23 heteroatoms. The van der Waals surface area contributed by atoms with E-state index >= 15 is 0 Å². The first-order chi connectivity index (χ1) is 14.2. The standard InChI is InChI=1S/C10H15N4O14P3.2Na.2H/c15-6-4(1-25-30(21,22)28-31(23,24)27-29(18,19)20)26-10(7(6)16)14-3-13-5-8(14)11-2-12-9(5)17;;;;/h2-4,6-7,10,15-16H,1H2,(H,21,22)(H,23,24)(H,11,12,17)(H2,18,19,20);;;;/q;2*+1;2*-1/t4-,6-,7-,10-;;;;/m1..../s1. The van der Waals surface area contributed by atoms with E-state index in [1.165, 1.54) is 0 Å². The van der Waals surface area contributed by atoms with Gasteiger partial charge in [0.05, 0.1) is 19.3 Å². The van der Waals surface area contributed by atoms with Crippen LogP contribution < -0.4 is 64.7 Å². The number of rotatable bonds is 8. The molecule has 7 N–H and O–H groups in total. The van der Waals surface area contributed by atoms with Gasteiger partial charge in [0, 0.05) is 0 Å². The molecule has 0 amide bonds. The first-order valence-electron chi connectivity index (χ1n) is 7.89. The van der Waals surface area contributed by atoms with Gasteiger partial charge in [-0.2, -0.15) is 8.62 Å². The van der Waals surface area contributed by atoms with Crippen LogP contribution in [0, 0.1) is 0 Å². The number of ether oxygens (including phenoxy) is 1. The van der Waals surface area contributed by atoms with Gasteiger partial charge in [0.15, 0.2) is 17.4 Å². The van der Waals surface area contributed by atoms with Crippen molar-refractivity contribution in [1.29, 1.82) is 0 Å². The molecule has 6 atom stereocenters. The van der Waals surface area contributed by atoms with Crippen molar-refractivity contribution in [2.75, 3.05) is 6.61 Å². The Morgan fingerprint density at radius 2 is 1.70 bits per heavy atom. The van der Waals surface area contributed by atoms with Gasteiger partial charge in [-0.05, 0) is 0 Å². The SMILES string of the molecule is O=c1[nH]cnc2c1ncn2[C@@H]1O[C@H](COP(=O)(O)OP(=O)(O)OP(=O)(O)O)[C@@H](O)[C@H]1O.[H-].[H-].[Na+].[Na+]. The van der Waals surface area contributed by atoms with Gasteiger partial charge in [-0.3, -0.25) is 13.9 Å². The summed E-state index contributed by atoms with van der Waals surface area (Å²) in [5.74, 6) is 0. The number of H-pyrrole nitrogens is 1. The fourth-order valence-corrected chi connectivity index (χ4v) is 5.65. The summed E-state index contributed by atoms with van der Waals surface area (Å²) >= 11 is 0. The molecule has 3 heterocycles. The molecular weight excluding hydrogens is 539 g/mol. The largest absolute Gasteiger partial charge is 1.00 e. The zero-order valence-corrected chi connectivity index (χ0v) is 23.5. The molecule has 178 valence electrons. The second kappa shape index (κ2) is 11.8. The molecule has 0 aliphatic carbocycles. The minimum absolute atomic E-state index is 0. The summed E-state index contributed by atoms with van der Waals surface area (Å²) in [5.41, 5.74) is -0.681. The third-order valence-corrected chi connectivity index (χ3v) is 7.60. The summed E-state index contributed by atoms with van der Waals surface area (Å²) in [6.07, 6.45) is -4.05. The summed E-state index contributed by atoms with van der Waals surface area (Å²) < 4.78 is 51.6. The fourth-order valence-electron chi connectivity index (χ4n) is 2.62. The van der Waals surface area contributed by atoms with E-state index in [0.29, 0.717) is 0 Å². The Morgan fingerprint density at radius 3 is 2.30 bits per heavy atom. The topological polar surface area (TPSA) is 273 Å². The molecule has 2 aromatic heterocycles. The van der Waals surface area contributed by atoms with Gasteiger partial charge in [-0.25, -0.2) is 23.7 Å². The minimum atomic E-state index is -5.72. The van der Waals surface area contributed by atoms with Gasteiger partial charge in [0.25, 0.3) is 5.56 Å². The summed E-state index contributed by atoms with van der Waals surface area (Å²) in [4.78, 5) is 57.2.